The summed E-state index contributed by atoms with van der Waals surface area (Å²) < 4.78 is 0. The topological polar surface area (TPSA) is 69.3 Å². The van der Waals surface area contributed by atoms with Crippen LogP contribution in [0.4, 0.5) is 0 Å². The maximum Gasteiger partial charge on any atom is 0.264 e. The van der Waals surface area contributed by atoms with Crippen LogP contribution in [0.15, 0.2) is 34.5 Å². The molecule has 0 aromatic carbocycles. The fourth-order valence-electron chi connectivity index (χ4n) is 5.20. The number of likely N-dealkylation sites (tertiary alicyclic amines) is 1. The van der Waals surface area contributed by atoms with E-state index in [2.05, 4.69) is 22.0 Å². The molecule has 0 saturated carbocycles. The first-order chi connectivity index (χ1) is 15.2. The van der Waals surface area contributed by atoms with Crippen molar-refractivity contribution in [2.45, 2.75) is 51.0 Å². The van der Waals surface area contributed by atoms with Crippen LogP contribution in [0, 0.1) is 5.92 Å². The second-order valence-corrected chi connectivity index (χ2v) is 10.0. The van der Waals surface area contributed by atoms with Crippen LogP contribution in [-0.4, -0.2) is 51.9 Å². The third-order valence-corrected chi connectivity index (χ3v) is 7.75. The van der Waals surface area contributed by atoms with E-state index in [1.165, 1.54) is 30.6 Å². The van der Waals surface area contributed by atoms with Gasteiger partial charge in [0.25, 0.3) is 11.5 Å². The molecule has 0 radical (unpaired) electrons. The quantitative estimate of drug-likeness (QED) is 0.741. The Bertz CT molecular complexity index is 1010. The summed E-state index contributed by atoms with van der Waals surface area (Å²) in [6.45, 7) is 4.23. The van der Waals surface area contributed by atoms with Gasteiger partial charge >= 0.3 is 0 Å². The number of aromatic nitrogens is 2. The van der Waals surface area contributed by atoms with Crippen molar-refractivity contribution in [2.75, 3.05) is 26.2 Å². The molecule has 2 aromatic heterocycles. The van der Waals surface area contributed by atoms with Crippen molar-refractivity contribution in [3.05, 3.63) is 62.0 Å². The number of nitrogens with zero attached hydrogens (tertiary/aromatic N) is 3. The summed E-state index contributed by atoms with van der Waals surface area (Å²) in [5.74, 6) is 1.89. The number of fused-ring (bicyclic) bond motifs is 1. The molecule has 1 N–H and O–H groups in total. The first kappa shape index (κ1) is 20.6. The van der Waals surface area contributed by atoms with E-state index in [1.54, 1.807) is 4.90 Å². The second kappa shape index (κ2) is 9.09. The SMILES string of the molecule is O=C(c1cccs1)N1CCc2nc([C@H]3CCCN(C[C@@H]4CC=CCC4)C3)[nH]c(=O)c2C1. The molecule has 1 amide bonds. The normalized spacial score (nSPS) is 24.2. The van der Waals surface area contributed by atoms with Crippen LogP contribution >= 0.6 is 11.3 Å². The zero-order valence-corrected chi connectivity index (χ0v) is 18.7. The minimum absolute atomic E-state index is 0.00427. The number of aromatic amines is 1. The molecule has 6 nitrogen and oxygen atoms in total. The molecule has 2 aliphatic heterocycles. The summed E-state index contributed by atoms with van der Waals surface area (Å²) in [6, 6.07) is 3.72. The highest BCUT2D eigenvalue weighted by molar-refractivity contribution is 7.12. The lowest BCUT2D eigenvalue weighted by atomic mass is 9.91. The Morgan fingerprint density at radius 1 is 1.26 bits per heavy atom. The van der Waals surface area contributed by atoms with Crippen LogP contribution < -0.4 is 5.56 Å². The van der Waals surface area contributed by atoms with E-state index >= 15 is 0 Å². The van der Waals surface area contributed by atoms with Gasteiger partial charge in [-0.05, 0) is 56.0 Å². The lowest BCUT2D eigenvalue weighted by Gasteiger charge is -2.35. The zero-order valence-electron chi connectivity index (χ0n) is 17.9. The largest absolute Gasteiger partial charge is 0.333 e. The highest BCUT2D eigenvalue weighted by atomic mass is 32.1. The van der Waals surface area contributed by atoms with Gasteiger partial charge in [0, 0.05) is 32.0 Å². The first-order valence-corrected chi connectivity index (χ1v) is 12.4. The van der Waals surface area contributed by atoms with E-state index in [9.17, 15) is 9.59 Å². The Kier molecular flexibility index (Phi) is 6.05. The molecule has 0 bridgehead atoms. The third-order valence-electron chi connectivity index (χ3n) is 6.89. The summed E-state index contributed by atoms with van der Waals surface area (Å²) in [6.07, 6.45) is 11.2. The maximum absolute atomic E-state index is 12.9. The minimum atomic E-state index is -0.0711. The third kappa shape index (κ3) is 4.53. The van der Waals surface area contributed by atoms with Gasteiger partial charge in [0.05, 0.1) is 22.7 Å². The number of hydrogen-bond donors (Lipinski definition) is 1. The van der Waals surface area contributed by atoms with Crippen LogP contribution in [0.3, 0.4) is 0 Å². The number of carbonyl (C=O) groups is 1. The van der Waals surface area contributed by atoms with Crippen molar-refractivity contribution >= 4 is 17.2 Å². The zero-order chi connectivity index (χ0) is 21.2. The highest BCUT2D eigenvalue weighted by Gasteiger charge is 2.29. The predicted octanol–water partition coefficient (Wildman–Crippen LogP) is 3.57. The second-order valence-electron chi connectivity index (χ2n) is 9.08. The number of amides is 1. The molecule has 164 valence electrons. The molecule has 5 rings (SSSR count). The van der Waals surface area contributed by atoms with Gasteiger partial charge in [0.15, 0.2) is 0 Å². The van der Waals surface area contributed by atoms with E-state index in [0.717, 1.165) is 54.8 Å². The molecule has 2 atom stereocenters. The lowest BCUT2D eigenvalue weighted by molar-refractivity contribution is 0.0737. The molecule has 31 heavy (non-hydrogen) atoms. The van der Waals surface area contributed by atoms with Crippen molar-refractivity contribution in [1.29, 1.82) is 0 Å². The molecule has 1 fully saturated rings. The standard InChI is InChI=1S/C24H30N4O2S/c29-23-19-16-28(24(30)21-9-5-13-31-21)12-10-20(19)25-22(26-23)18-8-4-11-27(15-18)14-17-6-2-1-3-7-17/h1-2,5,9,13,17-18H,3-4,6-8,10-12,14-16H2,(H,25,26,29)/t17-,18+/m1/s1. The molecule has 4 heterocycles. The number of H-pyrrole nitrogens is 1. The van der Waals surface area contributed by atoms with E-state index in [0.29, 0.717) is 25.1 Å². The van der Waals surface area contributed by atoms with Gasteiger partial charge < -0.3 is 14.8 Å². The average Bonchev–Trinajstić information content (AvgIpc) is 3.34. The maximum atomic E-state index is 12.9. The Morgan fingerprint density at radius 2 is 2.19 bits per heavy atom. The minimum Gasteiger partial charge on any atom is -0.333 e. The number of carbonyl (C=O) groups excluding carboxylic acids is 1. The van der Waals surface area contributed by atoms with E-state index < -0.39 is 0 Å². The number of piperidine rings is 1. The Hall–Kier alpha value is -2.25. The van der Waals surface area contributed by atoms with E-state index in [-0.39, 0.29) is 17.4 Å². The van der Waals surface area contributed by atoms with Gasteiger partial charge in [-0.1, -0.05) is 18.2 Å². The van der Waals surface area contributed by atoms with Crippen molar-refractivity contribution in [3.8, 4) is 0 Å². The molecule has 0 spiro atoms. The first-order valence-electron chi connectivity index (χ1n) is 11.5. The van der Waals surface area contributed by atoms with Crippen molar-refractivity contribution in [3.63, 3.8) is 0 Å². The lowest BCUT2D eigenvalue weighted by Crippen LogP contribution is -2.41. The number of allylic oxidation sites excluding steroid dienone is 2. The summed E-state index contributed by atoms with van der Waals surface area (Å²) in [7, 11) is 0. The summed E-state index contributed by atoms with van der Waals surface area (Å²) >= 11 is 1.44. The molecule has 0 unspecified atom stereocenters. The van der Waals surface area contributed by atoms with Crippen LogP contribution in [0.5, 0.6) is 0 Å². The summed E-state index contributed by atoms with van der Waals surface area (Å²) in [5.41, 5.74) is 1.46. The number of hydrogen-bond acceptors (Lipinski definition) is 5. The summed E-state index contributed by atoms with van der Waals surface area (Å²) in [4.78, 5) is 38.7. The Labute approximate surface area is 187 Å². The van der Waals surface area contributed by atoms with Gasteiger partial charge in [-0.15, -0.1) is 11.3 Å². The Balaban J connectivity index is 1.28. The number of nitrogens with one attached hydrogen (secondary N) is 1. The number of thiophene rings is 1. The smallest absolute Gasteiger partial charge is 0.264 e. The van der Waals surface area contributed by atoms with Crippen molar-refractivity contribution in [1.82, 2.24) is 19.8 Å². The fourth-order valence-corrected chi connectivity index (χ4v) is 5.89. The predicted molar refractivity (Wildman–Crippen MR) is 123 cm³/mol. The molecule has 7 heteroatoms. The van der Waals surface area contributed by atoms with Crippen molar-refractivity contribution in [2.24, 2.45) is 5.92 Å². The highest BCUT2D eigenvalue weighted by Crippen LogP contribution is 2.28. The van der Waals surface area contributed by atoms with Gasteiger partial charge in [-0.2, -0.15) is 0 Å². The molecular weight excluding hydrogens is 408 g/mol. The average molecular weight is 439 g/mol. The van der Waals surface area contributed by atoms with Gasteiger partial charge in [-0.3, -0.25) is 9.59 Å². The van der Waals surface area contributed by atoms with Crippen LogP contribution in [0.2, 0.25) is 0 Å². The Morgan fingerprint density at radius 3 is 3.00 bits per heavy atom. The van der Waals surface area contributed by atoms with Crippen LogP contribution in [-0.2, 0) is 13.0 Å². The van der Waals surface area contributed by atoms with Gasteiger partial charge in [0.1, 0.15) is 5.82 Å². The molecular formula is C24H30N4O2S. The van der Waals surface area contributed by atoms with E-state index in [4.69, 9.17) is 4.98 Å². The summed E-state index contributed by atoms with van der Waals surface area (Å²) in [5, 5.41) is 1.91. The van der Waals surface area contributed by atoms with Crippen LogP contribution in [0.25, 0.3) is 0 Å². The molecule has 1 saturated heterocycles. The monoisotopic (exact) mass is 438 g/mol. The van der Waals surface area contributed by atoms with Crippen molar-refractivity contribution < 1.29 is 4.79 Å². The molecule has 1 aliphatic carbocycles. The van der Waals surface area contributed by atoms with E-state index in [1.807, 2.05) is 17.5 Å². The number of rotatable bonds is 4. The van der Waals surface area contributed by atoms with Gasteiger partial charge in [0.2, 0.25) is 0 Å². The molecule has 2 aromatic rings. The molecule has 3 aliphatic rings. The van der Waals surface area contributed by atoms with Crippen LogP contribution in [0.1, 0.15) is 64.8 Å². The van der Waals surface area contributed by atoms with Gasteiger partial charge in [-0.25, -0.2) is 4.98 Å². The fraction of sp³-hybridized carbons (Fsp3) is 0.542.